The molecule has 2 heterocycles. The van der Waals surface area contributed by atoms with Crippen molar-refractivity contribution in [1.82, 2.24) is 9.80 Å². The van der Waals surface area contributed by atoms with Crippen molar-refractivity contribution in [2.24, 2.45) is 5.92 Å². The van der Waals surface area contributed by atoms with Gasteiger partial charge in [-0.3, -0.25) is 4.79 Å². The Morgan fingerprint density at radius 1 is 1.27 bits per heavy atom. The van der Waals surface area contributed by atoms with Crippen LogP contribution in [0.25, 0.3) is 0 Å². The number of hydrogen-bond acceptors (Lipinski definition) is 2. The van der Waals surface area contributed by atoms with Crippen molar-refractivity contribution in [2.75, 3.05) is 33.2 Å². The monoisotopic (exact) mass is 274 g/mol. The first-order valence-electron chi connectivity index (χ1n) is 5.78. The van der Waals surface area contributed by atoms with Gasteiger partial charge < -0.3 is 9.80 Å². The van der Waals surface area contributed by atoms with Crippen LogP contribution in [0.3, 0.4) is 0 Å². The van der Waals surface area contributed by atoms with Crippen LogP contribution in [0.2, 0.25) is 0 Å². The maximum absolute atomic E-state index is 11.7. The minimum atomic E-state index is 0.0868. The summed E-state index contributed by atoms with van der Waals surface area (Å²) in [6.07, 6.45) is 3.46. The maximum Gasteiger partial charge on any atom is 0.236 e. The average molecular weight is 275 g/mol. The Morgan fingerprint density at radius 3 is 2.47 bits per heavy atom. The molecule has 0 N–H and O–H groups in total. The summed E-state index contributed by atoms with van der Waals surface area (Å²) >= 11 is 3.42. The van der Waals surface area contributed by atoms with Crippen LogP contribution in [-0.4, -0.2) is 53.8 Å². The van der Waals surface area contributed by atoms with E-state index in [1.165, 1.54) is 25.9 Å². The molecule has 4 heteroatoms. The fourth-order valence-electron chi connectivity index (χ4n) is 2.44. The number of alkyl halides is 1. The Bertz CT molecular complexity index is 239. The highest BCUT2D eigenvalue weighted by molar-refractivity contribution is 9.10. The lowest BCUT2D eigenvalue weighted by atomic mass is 9.97. The van der Waals surface area contributed by atoms with Crippen molar-refractivity contribution < 1.29 is 4.79 Å². The Hall–Kier alpha value is -0.0900. The molecular weight excluding hydrogens is 256 g/mol. The molecule has 0 radical (unpaired) electrons. The van der Waals surface area contributed by atoms with Crippen LogP contribution < -0.4 is 0 Å². The number of likely N-dealkylation sites (tertiary alicyclic amines) is 2. The second kappa shape index (κ2) is 4.83. The summed E-state index contributed by atoms with van der Waals surface area (Å²) in [5.41, 5.74) is 0. The lowest BCUT2D eigenvalue weighted by molar-refractivity contribution is -0.127. The van der Waals surface area contributed by atoms with Crippen LogP contribution >= 0.6 is 15.9 Å². The lowest BCUT2D eigenvalue weighted by Crippen LogP contribution is -2.38. The standard InChI is InChI=1S/C11H19BrN2O/c1-13-5-2-9(3-6-13)8-14-7-4-10(12)11(14)15/h9-10H,2-8H2,1H3. The van der Waals surface area contributed by atoms with Crippen LogP contribution in [0.1, 0.15) is 19.3 Å². The van der Waals surface area contributed by atoms with Crippen molar-refractivity contribution in [3.63, 3.8) is 0 Å². The molecule has 0 aromatic heterocycles. The summed E-state index contributed by atoms with van der Waals surface area (Å²) in [4.78, 5) is 16.2. The van der Waals surface area contributed by atoms with Gasteiger partial charge in [0.05, 0.1) is 4.83 Å². The van der Waals surface area contributed by atoms with Gasteiger partial charge in [0.2, 0.25) is 5.91 Å². The van der Waals surface area contributed by atoms with Gasteiger partial charge in [0.15, 0.2) is 0 Å². The van der Waals surface area contributed by atoms with E-state index in [0.717, 1.165) is 25.4 Å². The first-order chi connectivity index (χ1) is 7.16. The molecule has 2 aliphatic rings. The lowest BCUT2D eigenvalue weighted by Gasteiger charge is -2.31. The molecular formula is C11H19BrN2O. The number of halogens is 1. The van der Waals surface area contributed by atoms with Crippen LogP contribution in [0.4, 0.5) is 0 Å². The third-order valence-corrected chi connectivity index (χ3v) is 4.40. The van der Waals surface area contributed by atoms with Crippen LogP contribution in [0, 0.1) is 5.92 Å². The number of piperidine rings is 1. The second-order valence-corrected chi connectivity index (χ2v) is 5.89. The summed E-state index contributed by atoms with van der Waals surface area (Å²) < 4.78 is 0. The maximum atomic E-state index is 11.7. The second-order valence-electron chi connectivity index (χ2n) is 4.79. The van der Waals surface area contributed by atoms with Gasteiger partial charge >= 0.3 is 0 Å². The van der Waals surface area contributed by atoms with E-state index in [1.54, 1.807) is 0 Å². The van der Waals surface area contributed by atoms with Gasteiger partial charge in [0.1, 0.15) is 0 Å². The van der Waals surface area contributed by atoms with Crippen LogP contribution in [0.15, 0.2) is 0 Å². The number of hydrogen-bond donors (Lipinski definition) is 0. The van der Waals surface area contributed by atoms with Crippen molar-refractivity contribution in [3.05, 3.63) is 0 Å². The van der Waals surface area contributed by atoms with E-state index in [0.29, 0.717) is 5.91 Å². The largest absolute Gasteiger partial charge is 0.341 e. The Labute approximate surface area is 99.9 Å². The molecule has 0 aromatic carbocycles. The van der Waals surface area contributed by atoms with E-state index >= 15 is 0 Å². The summed E-state index contributed by atoms with van der Waals surface area (Å²) in [5.74, 6) is 1.02. The average Bonchev–Trinajstić information content (AvgIpc) is 2.53. The zero-order chi connectivity index (χ0) is 10.8. The zero-order valence-electron chi connectivity index (χ0n) is 9.29. The van der Waals surface area contributed by atoms with E-state index < -0.39 is 0 Å². The zero-order valence-corrected chi connectivity index (χ0v) is 10.9. The number of amides is 1. The first kappa shape index (κ1) is 11.4. The van der Waals surface area contributed by atoms with Gasteiger partial charge in [-0.2, -0.15) is 0 Å². The highest BCUT2D eigenvalue weighted by Gasteiger charge is 2.31. The molecule has 1 unspecified atom stereocenters. The predicted molar refractivity (Wildman–Crippen MR) is 64.1 cm³/mol. The molecule has 15 heavy (non-hydrogen) atoms. The van der Waals surface area contributed by atoms with E-state index in [-0.39, 0.29) is 4.83 Å². The molecule has 1 amide bonds. The number of rotatable bonds is 2. The van der Waals surface area contributed by atoms with Crippen molar-refractivity contribution in [2.45, 2.75) is 24.1 Å². The fraction of sp³-hybridized carbons (Fsp3) is 0.909. The van der Waals surface area contributed by atoms with Gasteiger partial charge in [-0.1, -0.05) is 15.9 Å². The van der Waals surface area contributed by atoms with Gasteiger partial charge in [-0.25, -0.2) is 0 Å². The van der Waals surface area contributed by atoms with Crippen molar-refractivity contribution in [1.29, 1.82) is 0 Å². The van der Waals surface area contributed by atoms with E-state index in [4.69, 9.17) is 0 Å². The Balaban J connectivity index is 1.80. The molecule has 2 aliphatic heterocycles. The van der Waals surface area contributed by atoms with E-state index in [2.05, 4.69) is 27.9 Å². The summed E-state index contributed by atoms with van der Waals surface area (Å²) in [5, 5.41) is 0. The molecule has 0 spiro atoms. The summed E-state index contributed by atoms with van der Waals surface area (Å²) in [7, 11) is 2.17. The number of carbonyl (C=O) groups excluding carboxylic acids is 1. The van der Waals surface area contributed by atoms with Gasteiger partial charge in [-0.05, 0) is 45.3 Å². The van der Waals surface area contributed by atoms with E-state index in [1.807, 2.05) is 4.90 Å². The Morgan fingerprint density at radius 2 is 1.93 bits per heavy atom. The summed E-state index contributed by atoms with van der Waals surface area (Å²) in [6, 6.07) is 0. The molecule has 1 atom stereocenters. The minimum Gasteiger partial charge on any atom is -0.341 e. The highest BCUT2D eigenvalue weighted by atomic mass is 79.9. The minimum absolute atomic E-state index is 0.0868. The SMILES string of the molecule is CN1CCC(CN2CCC(Br)C2=O)CC1. The molecule has 2 saturated heterocycles. The summed E-state index contributed by atoms with van der Waals surface area (Å²) in [6.45, 7) is 4.30. The first-order valence-corrected chi connectivity index (χ1v) is 6.70. The number of carbonyl (C=O) groups is 1. The smallest absolute Gasteiger partial charge is 0.236 e. The van der Waals surface area contributed by atoms with Gasteiger partial charge in [0.25, 0.3) is 0 Å². The van der Waals surface area contributed by atoms with Gasteiger partial charge in [-0.15, -0.1) is 0 Å². The fourth-order valence-corrected chi connectivity index (χ4v) is 2.93. The third kappa shape index (κ3) is 2.72. The van der Waals surface area contributed by atoms with Gasteiger partial charge in [0, 0.05) is 13.1 Å². The number of nitrogens with zero attached hydrogens (tertiary/aromatic N) is 2. The molecule has 2 fully saturated rings. The molecule has 0 bridgehead atoms. The quantitative estimate of drug-likeness (QED) is 0.710. The third-order valence-electron chi connectivity index (χ3n) is 3.55. The predicted octanol–water partition coefficient (Wildman–Crippen LogP) is 1.32. The molecule has 2 rings (SSSR count). The van der Waals surface area contributed by atoms with Crippen molar-refractivity contribution in [3.8, 4) is 0 Å². The van der Waals surface area contributed by atoms with Crippen LogP contribution in [-0.2, 0) is 4.79 Å². The molecule has 0 aliphatic carbocycles. The molecule has 0 aromatic rings. The Kier molecular flexibility index (Phi) is 3.67. The highest BCUT2D eigenvalue weighted by Crippen LogP contribution is 2.23. The molecule has 86 valence electrons. The van der Waals surface area contributed by atoms with Crippen LogP contribution in [0.5, 0.6) is 0 Å². The molecule has 0 saturated carbocycles. The topological polar surface area (TPSA) is 23.6 Å². The molecule has 3 nitrogen and oxygen atoms in total. The van der Waals surface area contributed by atoms with E-state index in [9.17, 15) is 4.79 Å². The normalized spacial score (nSPS) is 30.1. The van der Waals surface area contributed by atoms with Crippen molar-refractivity contribution >= 4 is 21.8 Å².